The monoisotopic (exact) mass is 414 g/mol. The average Bonchev–Trinajstić information content (AvgIpc) is 2.57. The molecule has 0 radical (unpaired) electrons. The van der Waals surface area contributed by atoms with E-state index in [1.807, 2.05) is 0 Å². The van der Waals surface area contributed by atoms with Crippen LogP contribution in [-0.2, 0) is 9.53 Å². The van der Waals surface area contributed by atoms with E-state index in [2.05, 4.69) is 33.5 Å². The number of benzene rings is 1. The van der Waals surface area contributed by atoms with E-state index >= 15 is 0 Å². The fraction of sp³-hybridized carbons (Fsp3) is 0.471. The van der Waals surface area contributed by atoms with Crippen LogP contribution in [0.15, 0.2) is 22.7 Å². The van der Waals surface area contributed by atoms with Crippen LogP contribution >= 0.6 is 15.9 Å². The molecule has 0 saturated heterocycles. The van der Waals surface area contributed by atoms with Gasteiger partial charge in [-0.2, -0.15) is 0 Å². The Kier molecular flexibility index (Phi) is 6.92. The highest BCUT2D eigenvalue weighted by Crippen LogP contribution is 2.23. The summed E-state index contributed by atoms with van der Waals surface area (Å²) in [7, 11) is 0. The SMILES string of the molecule is C[C@@H]1CCCC[C@H]1NC(=O)NC(=O)COC(=O)c1cc(Br)ccc1F. The molecule has 1 saturated carbocycles. The molecule has 25 heavy (non-hydrogen) atoms. The smallest absolute Gasteiger partial charge is 0.341 e. The lowest BCUT2D eigenvalue weighted by atomic mass is 9.86. The maximum Gasteiger partial charge on any atom is 0.341 e. The van der Waals surface area contributed by atoms with Gasteiger partial charge >= 0.3 is 12.0 Å². The normalized spacial score (nSPS) is 19.8. The zero-order valence-electron chi connectivity index (χ0n) is 13.8. The molecule has 3 amide bonds. The second-order valence-corrected chi connectivity index (χ2v) is 7.01. The van der Waals surface area contributed by atoms with Crippen molar-refractivity contribution in [1.82, 2.24) is 10.6 Å². The Bertz CT molecular complexity index is 668. The summed E-state index contributed by atoms with van der Waals surface area (Å²) >= 11 is 3.12. The molecule has 2 atom stereocenters. The van der Waals surface area contributed by atoms with Crippen molar-refractivity contribution in [3.63, 3.8) is 0 Å². The van der Waals surface area contributed by atoms with Gasteiger partial charge in [-0.25, -0.2) is 14.0 Å². The lowest BCUT2D eigenvalue weighted by Crippen LogP contribution is -2.48. The number of urea groups is 1. The maximum atomic E-state index is 13.6. The second kappa shape index (κ2) is 8.94. The third kappa shape index (κ3) is 5.81. The van der Waals surface area contributed by atoms with Gasteiger partial charge < -0.3 is 10.1 Å². The Morgan fingerprint density at radius 3 is 2.72 bits per heavy atom. The van der Waals surface area contributed by atoms with Gasteiger partial charge in [-0.3, -0.25) is 10.1 Å². The summed E-state index contributed by atoms with van der Waals surface area (Å²) in [6.45, 7) is 1.39. The standard InChI is InChI=1S/C17H20BrFN2O4/c1-10-4-2-3-5-14(10)20-17(24)21-15(22)9-25-16(23)12-8-11(18)6-7-13(12)19/h6-8,10,14H,2-5,9H2,1H3,(H2,20,21,22,24)/t10-,14-/m1/s1. The Hall–Kier alpha value is -1.96. The molecule has 6 nitrogen and oxygen atoms in total. The number of hydrogen-bond acceptors (Lipinski definition) is 4. The average molecular weight is 415 g/mol. The van der Waals surface area contributed by atoms with Crippen molar-refractivity contribution in [1.29, 1.82) is 0 Å². The van der Waals surface area contributed by atoms with E-state index in [9.17, 15) is 18.8 Å². The number of esters is 1. The van der Waals surface area contributed by atoms with Crippen LogP contribution in [0.3, 0.4) is 0 Å². The van der Waals surface area contributed by atoms with E-state index < -0.39 is 30.3 Å². The summed E-state index contributed by atoms with van der Waals surface area (Å²) in [5.74, 6) is -2.15. The molecule has 2 N–H and O–H groups in total. The summed E-state index contributed by atoms with van der Waals surface area (Å²) < 4.78 is 18.8. The molecular weight excluding hydrogens is 395 g/mol. The van der Waals surface area contributed by atoms with Gasteiger partial charge in [-0.05, 0) is 37.0 Å². The number of amides is 3. The van der Waals surface area contributed by atoms with Gasteiger partial charge in [0, 0.05) is 10.5 Å². The van der Waals surface area contributed by atoms with Crippen molar-refractivity contribution in [2.75, 3.05) is 6.61 Å². The fourth-order valence-corrected chi connectivity index (χ4v) is 3.12. The van der Waals surface area contributed by atoms with Crippen LogP contribution in [0.25, 0.3) is 0 Å². The molecule has 0 heterocycles. The van der Waals surface area contributed by atoms with Crippen molar-refractivity contribution in [2.45, 2.75) is 38.6 Å². The van der Waals surface area contributed by atoms with Gasteiger partial charge in [0.15, 0.2) is 6.61 Å². The zero-order valence-corrected chi connectivity index (χ0v) is 15.4. The summed E-state index contributed by atoms with van der Waals surface area (Å²) in [4.78, 5) is 35.3. The van der Waals surface area contributed by atoms with Crippen LogP contribution in [-0.4, -0.2) is 30.6 Å². The van der Waals surface area contributed by atoms with E-state index in [0.717, 1.165) is 31.7 Å². The largest absolute Gasteiger partial charge is 0.452 e. The van der Waals surface area contributed by atoms with E-state index in [0.29, 0.717) is 10.4 Å². The van der Waals surface area contributed by atoms with Crippen LogP contribution < -0.4 is 10.6 Å². The number of ether oxygens (including phenoxy) is 1. The maximum absolute atomic E-state index is 13.6. The molecule has 0 unspecified atom stereocenters. The Labute approximate surface area is 153 Å². The first-order chi connectivity index (χ1) is 11.9. The first-order valence-electron chi connectivity index (χ1n) is 8.09. The molecule has 1 aromatic rings. The molecule has 1 aliphatic carbocycles. The van der Waals surface area contributed by atoms with Crippen LogP contribution in [0, 0.1) is 11.7 Å². The number of halogens is 2. The quantitative estimate of drug-likeness (QED) is 0.741. The summed E-state index contributed by atoms with van der Waals surface area (Å²) in [5, 5.41) is 4.87. The van der Waals surface area contributed by atoms with Crippen molar-refractivity contribution in [3.05, 3.63) is 34.1 Å². The minimum absolute atomic E-state index is 0.0277. The van der Waals surface area contributed by atoms with E-state index in [4.69, 9.17) is 4.74 Å². The van der Waals surface area contributed by atoms with Crippen LogP contribution in [0.4, 0.5) is 9.18 Å². The summed E-state index contributed by atoms with van der Waals surface area (Å²) in [6.07, 6.45) is 4.09. The van der Waals surface area contributed by atoms with E-state index in [-0.39, 0.29) is 11.6 Å². The van der Waals surface area contributed by atoms with Crippen LogP contribution in [0.2, 0.25) is 0 Å². The Morgan fingerprint density at radius 2 is 2.00 bits per heavy atom. The van der Waals surface area contributed by atoms with Crippen molar-refractivity contribution in [2.24, 2.45) is 5.92 Å². The Morgan fingerprint density at radius 1 is 1.28 bits per heavy atom. The number of nitrogens with one attached hydrogen (secondary N) is 2. The third-order valence-corrected chi connectivity index (χ3v) is 4.66. The van der Waals surface area contributed by atoms with Gasteiger partial charge in [-0.15, -0.1) is 0 Å². The third-order valence-electron chi connectivity index (χ3n) is 4.16. The summed E-state index contributed by atoms with van der Waals surface area (Å²) in [5.41, 5.74) is -0.289. The number of carbonyl (C=O) groups is 3. The van der Waals surface area contributed by atoms with Crippen molar-refractivity contribution in [3.8, 4) is 0 Å². The van der Waals surface area contributed by atoms with Crippen LogP contribution in [0.1, 0.15) is 43.0 Å². The van der Waals surface area contributed by atoms with Crippen molar-refractivity contribution >= 4 is 33.8 Å². The second-order valence-electron chi connectivity index (χ2n) is 6.09. The lowest BCUT2D eigenvalue weighted by Gasteiger charge is -2.29. The molecule has 1 fully saturated rings. The van der Waals surface area contributed by atoms with Gasteiger partial charge in [0.1, 0.15) is 5.82 Å². The minimum Gasteiger partial charge on any atom is -0.452 e. The molecule has 8 heteroatoms. The molecule has 0 bridgehead atoms. The predicted molar refractivity (Wildman–Crippen MR) is 92.5 cm³/mol. The number of hydrogen-bond donors (Lipinski definition) is 2. The molecular formula is C17H20BrFN2O4. The molecule has 1 aromatic carbocycles. The molecule has 136 valence electrons. The number of imide groups is 1. The Balaban J connectivity index is 1.79. The molecule has 0 spiro atoms. The van der Waals surface area contributed by atoms with Gasteiger partial charge in [-0.1, -0.05) is 35.7 Å². The first kappa shape index (κ1) is 19.4. The molecule has 0 aliphatic heterocycles. The van der Waals surface area contributed by atoms with Crippen molar-refractivity contribution < 1.29 is 23.5 Å². The van der Waals surface area contributed by atoms with Gasteiger partial charge in [0.25, 0.3) is 5.91 Å². The minimum atomic E-state index is -0.977. The fourth-order valence-electron chi connectivity index (χ4n) is 2.76. The van der Waals surface area contributed by atoms with Crippen LogP contribution in [0.5, 0.6) is 0 Å². The zero-order chi connectivity index (χ0) is 18.4. The molecule has 2 rings (SSSR count). The highest BCUT2D eigenvalue weighted by atomic mass is 79.9. The summed E-state index contributed by atoms with van der Waals surface area (Å²) in [6, 6.07) is 3.22. The van der Waals surface area contributed by atoms with E-state index in [1.165, 1.54) is 12.1 Å². The van der Waals surface area contributed by atoms with Gasteiger partial charge in [0.2, 0.25) is 0 Å². The number of rotatable bonds is 4. The first-order valence-corrected chi connectivity index (χ1v) is 8.88. The van der Waals surface area contributed by atoms with Gasteiger partial charge in [0.05, 0.1) is 5.56 Å². The number of carbonyl (C=O) groups excluding carboxylic acids is 3. The topological polar surface area (TPSA) is 84.5 Å². The van der Waals surface area contributed by atoms with E-state index in [1.54, 1.807) is 0 Å². The molecule has 1 aliphatic rings. The highest BCUT2D eigenvalue weighted by Gasteiger charge is 2.23. The predicted octanol–water partition coefficient (Wildman–Crippen LogP) is 3.15. The lowest BCUT2D eigenvalue weighted by molar-refractivity contribution is -0.123. The highest BCUT2D eigenvalue weighted by molar-refractivity contribution is 9.10. The molecule has 0 aromatic heterocycles.